The van der Waals surface area contributed by atoms with Gasteiger partial charge in [-0.3, -0.25) is 0 Å². The summed E-state index contributed by atoms with van der Waals surface area (Å²) in [6.07, 6.45) is 1.21. The van der Waals surface area contributed by atoms with Crippen LogP contribution >= 0.6 is 23.3 Å². The predicted octanol–water partition coefficient (Wildman–Crippen LogP) is 4.31. The summed E-state index contributed by atoms with van der Waals surface area (Å²) in [7, 11) is 0. The molecule has 0 radical (unpaired) electrons. The van der Waals surface area contributed by atoms with Crippen molar-refractivity contribution in [1.82, 2.24) is 4.37 Å². The van der Waals surface area contributed by atoms with Crippen molar-refractivity contribution in [2.45, 2.75) is 17.6 Å². The molecular weight excluding hydrogens is 222 g/mol. The lowest BCUT2D eigenvalue weighted by molar-refractivity contribution is 1.11. The second-order valence-electron chi connectivity index (χ2n) is 3.25. The Balaban J connectivity index is 2.14. The number of hydrogen-bond donors (Lipinski definition) is 0. The minimum absolute atomic E-state index is 1.10. The van der Waals surface area contributed by atoms with E-state index >= 15 is 0 Å². The monoisotopic (exact) mass is 235 g/mol. The topological polar surface area (TPSA) is 12.9 Å². The molecule has 78 valence electrons. The van der Waals surface area contributed by atoms with E-state index in [0.717, 1.165) is 5.69 Å². The molecule has 0 saturated heterocycles. The zero-order valence-electron chi connectivity index (χ0n) is 8.64. The highest BCUT2D eigenvalue weighted by Crippen LogP contribution is 2.29. The van der Waals surface area contributed by atoms with Gasteiger partial charge in [0.2, 0.25) is 0 Å². The molecule has 3 heteroatoms. The van der Waals surface area contributed by atoms with E-state index in [4.69, 9.17) is 0 Å². The van der Waals surface area contributed by atoms with Crippen molar-refractivity contribution < 1.29 is 0 Å². The normalized spacial score (nSPS) is 10.5. The second kappa shape index (κ2) is 5.33. The van der Waals surface area contributed by atoms with Gasteiger partial charge in [-0.2, -0.15) is 4.37 Å². The maximum Gasteiger partial charge on any atom is 0.0852 e. The molecule has 1 aromatic heterocycles. The summed E-state index contributed by atoms with van der Waals surface area (Å²) in [6.45, 7) is 2.20. The lowest BCUT2D eigenvalue weighted by Gasteiger charge is -1.93. The SMILES string of the molecule is CCCSc1cc(-c2ccccc2)ns1. The first-order chi connectivity index (χ1) is 7.40. The lowest BCUT2D eigenvalue weighted by Crippen LogP contribution is -1.73. The largest absolute Gasteiger partial charge is 0.192 e. The maximum atomic E-state index is 4.46. The van der Waals surface area contributed by atoms with Crippen LogP contribution in [0.5, 0.6) is 0 Å². The van der Waals surface area contributed by atoms with Crippen LogP contribution in [0.25, 0.3) is 11.3 Å². The molecule has 0 fully saturated rings. The Morgan fingerprint density at radius 3 is 2.80 bits per heavy atom. The fraction of sp³-hybridized carbons (Fsp3) is 0.250. The van der Waals surface area contributed by atoms with Crippen LogP contribution in [0.3, 0.4) is 0 Å². The summed E-state index contributed by atoms with van der Waals surface area (Å²) in [5.74, 6) is 1.18. The van der Waals surface area contributed by atoms with E-state index < -0.39 is 0 Å². The average Bonchev–Trinajstić information content (AvgIpc) is 2.76. The molecule has 0 unspecified atom stereocenters. The van der Waals surface area contributed by atoms with Crippen LogP contribution in [-0.2, 0) is 0 Å². The van der Waals surface area contributed by atoms with Gasteiger partial charge in [0, 0.05) is 5.56 Å². The van der Waals surface area contributed by atoms with Crippen LogP contribution in [0.4, 0.5) is 0 Å². The minimum atomic E-state index is 1.10. The molecule has 0 bridgehead atoms. The van der Waals surface area contributed by atoms with E-state index in [2.05, 4.69) is 29.5 Å². The fourth-order valence-electron chi connectivity index (χ4n) is 1.27. The van der Waals surface area contributed by atoms with Crippen molar-refractivity contribution in [2.24, 2.45) is 0 Å². The number of benzene rings is 1. The predicted molar refractivity (Wildman–Crippen MR) is 68.6 cm³/mol. The molecule has 0 spiro atoms. The van der Waals surface area contributed by atoms with Gasteiger partial charge >= 0.3 is 0 Å². The van der Waals surface area contributed by atoms with Gasteiger partial charge in [-0.15, -0.1) is 11.8 Å². The molecule has 2 aromatic rings. The average molecular weight is 235 g/mol. The van der Waals surface area contributed by atoms with E-state index in [1.165, 1.54) is 21.9 Å². The first kappa shape index (κ1) is 10.7. The Morgan fingerprint density at radius 2 is 2.07 bits per heavy atom. The van der Waals surface area contributed by atoms with Gasteiger partial charge < -0.3 is 0 Å². The Bertz CT molecular complexity index is 409. The maximum absolute atomic E-state index is 4.46. The lowest BCUT2D eigenvalue weighted by atomic mass is 10.2. The number of thioether (sulfide) groups is 1. The van der Waals surface area contributed by atoms with E-state index in [1.54, 1.807) is 11.5 Å². The summed E-state index contributed by atoms with van der Waals surface area (Å²) < 4.78 is 5.78. The summed E-state index contributed by atoms with van der Waals surface area (Å²) >= 11 is 3.49. The molecule has 15 heavy (non-hydrogen) atoms. The molecule has 0 aliphatic carbocycles. The molecule has 0 aliphatic rings. The van der Waals surface area contributed by atoms with Crippen molar-refractivity contribution in [3.63, 3.8) is 0 Å². The van der Waals surface area contributed by atoms with Gasteiger partial charge in [-0.1, -0.05) is 37.3 Å². The molecule has 0 atom stereocenters. The van der Waals surface area contributed by atoms with E-state index in [-0.39, 0.29) is 0 Å². The Kier molecular flexibility index (Phi) is 3.80. The molecule has 1 nitrogen and oxygen atoms in total. The van der Waals surface area contributed by atoms with Crippen LogP contribution in [0.1, 0.15) is 13.3 Å². The van der Waals surface area contributed by atoms with Crippen molar-refractivity contribution in [1.29, 1.82) is 0 Å². The number of nitrogens with zero attached hydrogens (tertiary/aromatic N) is 1. The zero-order chi connectivity index (χ0) is 10.5. The first-order valence-corrected chi connectivity index (χ1v) is 6.81. The molecule has 2 rings (SSSR count). The first-order valence-electron chi connectivity index (χ1n) is 5.05. The summed E-state index contributed by atoms with van der Waals surface area (Å²) in [5.41, 5.74) is 2.30. The minimum Gasteiger partial charge on any atom is -0.192 e. The van der Waals surface area contributed by atoms with E-state index in [1.807, 2.05) is 30.0 Å². The van der Waals surface area contributed by atoms with Gasteiger partial charge in [-0.05, 0) is 29.8 Å². The van der Waals surface area contributed by atoms with Gasteiger partial charge in [0.15, 0.2) is 0 Å². The molecule has 1 heterocycles. The summed E-state index contributed by atoms with van der Waals surface area (Å²) in [6, 6.07) is 12.5. The molecule has 1 aromatic carbocycles. The second-order valence-corrected chi connectivity index (χ2v) is 5.45. The highest BCUT2D eigenvalue weighted by Gasteiger charge is 2.03. The summed E-state index contributed by atoms with van der Waals surface area (Å²) in [4.78, 5) is 0. The number of rotatable bonds is 4. The third-order valence-corrected chi connectivity index (χ3v) is 4.18. The third kappa shape index (κ3) is 2.83. The van der Waals surface area contributed by atoms with Crippen molar-refractivity contribution in [3.8, 4) is 11.3 Å². The fourth-order valence-corrected chi connectivity index (χ4v) is 2.96. The van der Waals surface area contributed by atoms with Gasteiger partial charge in [0.25, 0.3) is 0 Å². The zero-order valence-corrected chi connectivity index (χ0v) is 10.3. The highest BCUT2D eigenvalue weighted by molar-refractivity contribution is 8.01. The van der Waals surface area contributed by atoms with Crippen LogP contribution < -0.4 is 0 Å². The van der Waals surface area contributed by atoms with Crippen LogP contribution in [0.2, 0.25) is 0 Å². The highest BCUT2D eigenvalue weighted by atomic mass is 32.2. The standard InChI is InChI=1S/C12H13NS2/c1-2-8-14-12-9-11(13-15-12)10-6-4-3-5-7-10/h3-7,9H,2,8H2,1H3. The van der Waals surface area contributed by atoms with Gasteiger partial charge in [-0.25, -0.2) is 0 Å². The van der Waals surface area contributed by atoms with E-state index in [0.29, 0.717) is 0 Å². The molecule has 0 aliphatic heterocycles. The Labute approximate surface area is 98.7 Å². The van der Waals surface area contributed by atoms with Crippen LogP contribution in [-0.4, -0.2) is 10.1 Å². The Hall–Kier alpha value is -0.800. The van der Waals surface area contributed by atoms with Gasteiger partial charge in [0.05, 0.1) is 9.90 Å². The van der Waals surface area contributed by atoms with Crippen molar-refractivity contribution >= 4 is 23.3 Å². The van der Waals surface area contributed by atoms with Gasteiger partial charge in [0.1, 0.15) is 0 Å². The van der Waals surface area contributed by atoms with Crippen LogP contribution in [0.15, 0.2) is 40.6 Å². The van der Waals surface area contributed by atoms with E-state index in [9.17, 15) is 0 Å². The molecule has 0 saturated carbocycles. The number of hydrogen-bond acceptors (Lipinski definition) is 3. The molecule has 0 N–H and O–H groups in total. The van der Waals surface area contributed by atoms with Crippen LogP contribution in [0, 0.1) is 0 Å². The van der Waals surface area contributed by atoms with Crippen molar-refractivity contribution in [2.75, 3.05) is 5.75 Å². The third-order valence-electron chi connectivity index (χ3n) is 2.01. The molecule has 0 amide bonds. The Morgan fingerprint density at radius 1 is 1.27 bits per heavy atom. The smallest absolute Gasteiger partial charge is 0.0852 e. The molecular formula is C12H13NS2. The number of aromatic nitrogens is 1. The quantitative estimate of drug-likeness (QED) is 0.732. The summed E-state index contributed by atoms with van der Waals surface area (Å²) in [5, 5.41) is 0. The van der Waals surface area contributed by atoms with Crippen molar-refractivity contribution in [3.05, 3.63) is 36.4 Å².